The molecule has 1 fully saturated rings. The van der Waals surface area contributed by atoms with Crippen LogP contribution in [-0.4, -0.2) is 119 Å². The molecule has 1 rings (SSSR count). The van der Waals surface area contributed by atoms with E-state index >= 15 is 0 Å². The smallest absolute Gasteiger partial charge is 0.304 e. The number of carboxylic acids is 4. The molecular formula is C22H40N4O8. The quantitative estimate of drug-likeness (QED) is 0.216. The lowest BCUT2D eigenvalue weighted by Crippen LogP contribution is -2.48. The molecule has 0 saturated carbocycles. The molecule has 0 spiro atoms. The van der Waals surface area contributed by atoms with Crippen LogP contribution in [0.2, 0.25) is 0 Å². The Labute approximate surface area is 200 Å². The molecule has 1 heterocycles. The minimum absolute atomic E-state index is 0.0177. The molecule has 12 heteroatoms. The zero-order valence-electron chi connectivity index (χ0n) is 19.8. The van der Waals surface area contributed by atoms with Crippen molar-refractivity contribution in [3.8, 4) is 0 Å². The van der Waals surface area contributed by atoms with E-state index in [-0.39, 0.29) is 44.3 Å². The van der Waals surface area contributed by atoms with Gasteiger partial charge in [0.1, 0.15) is 0 Å². The van der Waals surface area contributed by atoms with Gasteiger partial charge in [0.25, 0.3) is 0 Å². The normalized spacial score (nSPS) is 22.0. The van der Waals surface area contributed by atoms with Gasteiger partial charge in [0, 0.05) is 70.7 Å². The van der Waals surface area contributed by atoms with E-state index < -0.39 is 23.9 Å². The molecule has 0 radical (unpaired) electrons. The number of rotatable bonds is 12. The van der Waals surface area contributed by atoms with Gasteiger partial charge < -0.3 is 36.0 Å². The Hall–Kier alpha value is -2.28. The van der Waals surface area contributed by atoms with Gasteiger partial charge in [0.2, 0.25) is 0 Å². The Balaban J connectivity index is 3.01. The molecule has 2 unspecified atom stereocenters. The Morgan fingerprint density at radius 3 is 2.00 bits per heavy atom. The van der Waals surface area contributed by atoms with Crippen LogP contribution in [0.15, 0.2) is 0 Å². The summed E-state index contributed by atoms with van der Waals surface area (Å²) >= 11 is 0. The first-order valence-electron chi connectivity index (χ1n) is 11.9. The average Bonchev–Trinajstić information content (AvgIpc) is 2.75. The number of carbonyl (C=O) groups is 4. The van der Waals surface area contributed by atoms with Gasteiger partial charge in [-0.15, -0.1) is 0 Å². The predicted octanol–water partition coefficient (Wildman–Crippen LogP) is -0.0204. The molecular weight excluding hydrogens is 448 g/mol. The summed E-state index contributed by atoms with van der Waals surface area (Å²) in [4.78, 5) is 48.7. The molecule has 2 atom stereocenters. The predicted molar refractivity (Wildman–Crippen MR) is 124 cm³/mol. The Morgan fingerprint density at radius 2 is 1.35 bits per heavy atom. The first-order valence-corrected chi connectivity index (χ1v) is 11.9. The lowest BCUT2D eigenvalue weighted by atomic mass is 10.0. The van der Waals surface area contributed by atoms with Crippen LogP contribution in [-0.2, 0) is 19.2 Å². The second-order valence-corrected chi connectivity index (χ2v) is 8.69. The summed E-state index contributed by atoms with van der Waals surface area (Å²) in [5, 5.41) is 43.3. The van der Waals surface area contributed by atoms with Crippen molar-refractivity contribution in [2.75, 3.05) is 52.4 Å². The van der Waals surface area contributed by atoms with Crippen LogP contribution in [0.4, 0.5) is 0 Å². The largest absolute Gasteiger partial charge is 0.481 e. The van der Waals surface area contributed by atoms with Crippen molar-refractivity contribution in [3.05, 3.63) is 0 Å². The SMILES string of the molecule is O=C(O)CCC1CN(CCC(=O)O)C(CCC(=O)O)CCCN(CCC(=O)O)CCNCCN1. The summed E-state index contributed by atoms with van der Waals surface area (Å²) in [6.07, 6.45) is 1.97. The van der Waals surface area contributed by atoms with E-state index in [0.717, 1.165) is 0 Å². The Bertz CT molecular complexity index is 648. The third-order valence-corrected chi connectivity index (χ3v) is 5.98. The van der Waals surface area contributed by atoms with Crippen molar-refractivity contribution in [1.29, 1.82) is 0 Å². The van der Waals surface area contributed by atoms with Gasteiger partial charge in [0.15, 0.2) is 0 Å². The summed E-state index contributed by atoms with van der Waals surface area (Å²) in [5.41, 5.74) is 0. The van der Waals surface area contributed by atoms with Crippen molar-refractivity contribution in [3.63, 3.8) is 0 Å². The number of aliphatic carboxylic acids is 4. The van der Waals surface area contributed by atoms with Gasteiger partial charge in [-0.05, 0) is 32.2 Å². The standard InChI is InChI=1S/C22H40N4O8/c27-19(28)5-3-17-16-26(14-8-22(33)34)18(4-6-20(29)30)2-1-12-25(13-7-21(31)32)15-11-23-9-10-24-17/h17-18,23-24H,1-16H2,(H,27,28)(H,29,30)(H,31,32)(H,33,34). The fourth-order valence-corrected chi connectivity index (χ4v) is 4.17. The highest BCUT2D eigenvalue weighted by atomic mass is 16.4. The van der Waals surface area contributed by atoms with Gasteiger partial charge in [-0.1, -0.05) is 0 Å². The van der Waals surface area contributed by atoms with Gasteiger partial charge in [-0.2, -0.15) is 0 Å². The van der Waals surface area contributed by atoms with Crippen LogP contribution in [0.1, 0.15) is 51.4 Å². The molecule has 196 valence electrons. The summed E-state index contributed by atoms with van der Waals surface area (Å²) in [6.45, 7) is 4.35. The zero-order chi connectivity index (χ0) is 25.3. The van der Waals surface area contributed by atoms with E-state index in [1.165, 1.54) is 0 Å². The lowest BCUT2D eigenvalue weighted by molar-refractivity contribution is -0.139. The molecule has 0 aliphatic carbocycles. The maximum Gasteiger partial charge on any atom is 0.304 e. The van der Waals surface area contributed by atoms with Crippen LogP contribution in [0.3, 0.4) is 0 Å². The lowest BCUT2D eigenvalue weighted by Gasteiger charge is -2.35. The molecule has 12 nitrogen and oxygen atoms in total. The molecule has 0 amide bonds. The van der Waals surface area contributed by atoms with Gasteiger partial charge in [-0.25, -0.2) is 0 Å². The van der Waals surface area contributed by atoms with E-state index in [4.69, 9.17) is 10.2 Å². The van der Waals surface area contributed by atoms with E-state index in [9.17, 15) is 29.4 Å². The molecule has 1 saturated heterocycles. The zero-order valence-corrected chi connectivity index (χ0v) is 19.8. The minimum Gasteiger partial charge on any atom is -0.481 e. The molecule has 0 bridgehead atoms. The van der Waals surface area contributed by atoms with Gasteiger partial charge >= 0.3 is 23.9 Å². The minimum atomic E-state index is -0.949. The second-order valence-electron chi connectivity index (χ2n) is 8.69. The number of hydrogen-bond donors (Lipinski definition) is 6. The van der Waals surface area contributed by atoms with Crippen molar-refractivity contribution < 1.29 is 39.6 Å². The highest BCUT2D eigenvalue weighted by molar-refractivity contribution is 5.67. The Kier molecular flexibility index (Phi) is 15.0. The fraction of sp³-hybridized carbons (Fsp3) is 0.818. The van der Waals surface area contributed by atoms with E-state index in [1.54, 1.807) is 0 Å². The number of carboxylic acid groups (broad SMARTS) is 4. The van der Waals surface area contributed by atoms with Crippen LogP contribution < -0.4 is 10.6 Å². The van der Waals surface area contributed by atoms with Crippen LogP contribution in [0, 0.1) is 0 Å². The first-order chi connectivity index (χ1) is 16.2. The summed E-state index contributed by atoms with van der Waals surface area (Å²) in [5.74, 6) is -3.63. The maximum absolute atomic E-state index is 11.3. The van der Waals surface area contributed by atoms with E-state index in [1.807, 2.05) is 4.90 Å². The molecule has 0 aromatic carbocycles. The summed E-state index contributed by atoms with van der Waals surface area (Å²) in [7, 11) is 0. The first kappa shape index (κ1) is 29.8. The van der Waals surface area contributed by atoms with Gasteiger partial charge in [0.05, 0.1) is 12.8 Å². The second kappa shape index (κ2) is 17.2. The molecule has 0 aromatic rings. The van der Waals surface area contributed by atoms with Crippen molar-refractivity contribution in [2.45, 2.75) is 63.5 Å². The monoisotopic (exact) mass is 488 g/mol. The summed E-state index contributed by atoms with van der Waals surface area (Å²) < 4.78 is 0. The van der Waals surface area contributed by atoms with E-state index in [0.29, 0.717) is 71.5 Å². The van der Waals surface area contributed by atoms with Crippen molar-refractivity contribution in [2.24, 2.45) is 0 Å². The number of nitrogens with one attached hydrogen (secondary N) is 2. The van der Waals surface area contributed by atoms with E-state index in [2.05, 4.69) is 15.5 Å². The average molecular weight is 489 g/mol. The third-order valence-electron chi connectivity index (χ3n) is 5.98. The van der Waals surface area contributed by atoms with Crippen LogP contribution in [0.25, 0.3) is 0 Å². The Morgan fingerprint density at radius 1 is 0.735 bits per heavy atom. The fourth-order valence-electron chi connectivity index (χ4n) is 4.17. The van der Waals surface area contributed by atoms with Crippen LogP contribution >= 0.6 is 0 Å². The van der Waals surface area contributed by atoms with Crippen molar-refractivity contribution >= 4 is 23.9 Å². The molecule has 0 aromatic heterocycles. The molecule has 1 aliphatic rings. The molecule has 34 heavy (non-hydrogen) atoms. The summed E-state index contributed by atoms with van der Waals surface area (Å²) in [6, 6.07) is -0.346. The molecule has 6 N–H and O–H groups in total. The number of hydrogen-bond acceptors (Lipinski definition) is 8. The highest BCUT2D eigenvalue weighted by Gasteiger charge is 2.24. The topological polar surface area (TPSA) is 180 Å². The van der Waals surface area contributed by atoms with Crippen LogP contribution in [0.5, 0.6) is 0 Å². The molecule has 1 aliphatic heterocycles. The van der Waals surface area contributed by atoms with Gasteiger partial charge in [-0.3, -0.25) is 24.1 Å². The highest BCUT2D eigenvalue weighted by Crippen LogP contribution is 2.17. The van der Waals surface area contributed by atoms with Crippen molar-refractivity contribution in [1.82, 2.24) is 20.4 Å². The maximum atomic E-state index is 11.3. The third kappa shape index (κ3) is 14.8. The number of nitrogens with zero attached hydrogens (tertiary/aromatic N) is 2.